The van der Waals surface area contributed by atoms with Crippen LogP contribution in [0.15, 0.2) is 53.9 Å². The van der Waals surface area contributed by atoms with E-state index in [0.29, 0.717) is 6.54 Å². The van der Waals surface area contributed by atoms with Gasteiger partial charge in [-0.15, -0.1) is 21.5 Å². The number of nitrogens with one attached hydrogen (secondary N) is 1. The molecule has 1 fully saturated rings. The second-order valence-electron chi connectivity index (χ2n) is 7.18. The molecule has 1 saturated heterocycles. The van der Waals surface area contributed by atoms with Gasteiger partial charge in [0.05, 0.1) is 4.88 Å². The second kappa shape index (κ2) is 9.37. The van der Waals surface area contributed by atoms with Gasteiger partial charge in [0.25, 0.3) is 0 Å². The van der Waals surface area contributed by atoms with Crippen molar-refractivity contribution in [1.82, 2.24) is 15.5 Å². The Bertz CT molecular complexity index is 920. The first kappa shape index (κ1) is 19.9. The molecule has 0 radical (unpaired) electrons. The zero-order chi connectivity index (χ0) is 20.1. The summed E-state index contributed by atoms with van der Waals surface area (Å²) in [5.41, 5.74) is 2.08. The van der Waals surface area contributed by atoms with Crippen LogP contribution < -0.4 is 10.2 Å². The number of rotatable bonds is 6. The van der Waals surface area contributed by atoms with Gasteiger partial charge in [0.15, 0.2) is 5.82 Å². The van der Waals surface area contributed by atoms with Crippen molar-refractivity contribution < 1.29 is 4.79 Å². The fourth-order valence-electron chi connectivity index (χ4n) is 3.55. The smallest absolute Gasteiger partial charge is 0.223 e. The lowest BCUT2D eigenvalue weighted by atomic mass is 9.96. The van der Waals surface area contributed by atoms with Gasteiger partial charge in [0.2, 0.25) is 5.91 Å². The minimum Gasteiger partial charge on any atom is -0.356 e. The lowest BCUT2D eigenvalue weighted by Crippen LogP contribution is -2.41. The molecule has 4 rings (SSSR count). The van der Waals surface area contributed by atoms with Gasteiger partial charge in [-0.05, 0) is 60.5 Å². The first-order chi connectivity index (χ1) is 14.2. The van der Waals surface area contributed by atoms with Crippen molar-refractivity contribution in [3.8, 4) is 10.6 Å². The van der Waals surface area contributed by atoms with Crippen LogP contribution >= 0.6 is 22.9 Å². The third kappa shape index (κ3) is 5.14. The first-order valence-corrected chi connectivity index (χ1v) is 11.1. The highest BCUT2D eigenvalue weighted by atomic mass is 35.5. The lowest BCUT2D eigenvalue weighted by Gasteiger charge is -2.31. The summed E-state index contributed by atoms with van der Waals surface area (Å²) >= 11 is 7.56. The maximum Gasteiger partial charge on any atom is 0.223 e. The number of hydrogen-bond donors (Lipinski definition) is 1. The van der Waals surface area contributed by atoms with E-state index in [4.69, 9.17) is 11.6 Å². The summed E-state index contributed by atoms with van der Waals surface area (Å²) < 4.78 is 0. The minimum atomic E-state index is 0.0646. The molecule has 1 aliphatic rings. The summed E-state index contributed by atoms with van der Waals surface area (Å²) in [5, 5.41) is 14.6. The molecule has 1 aliphatic heterocycles. The highest BCUT2D eigenvalue weighted by molar-refractivity contribution is 7.13. The summed E-state index contributed by atoms with van der Waals surface area (Å²) in [4.78, 5) is 15.8. The maximum atomic E-state index is 12.5. The predicted molar refractivity (Wildman–Crippen MR) is 118 cm³/mol. The molecular weight excluding hydrogens is 404 g/mol. The third-order valence-corrected chi connectivity index (χ3v) is 6.38. The molecule has 0 spiro atoms. The molecule has 3 aromatic rings. The normalized spacial score (nSPS) is 14.7. The highest BCUT2D eigenvalue weighted by Crippen LogP contribution is 2.25. The zero-order valence-electron chi connectivity index (χ0n) is 16.1. The van der Waals surface area contributed by atoms with Gasteiger partial charge in [0, 0.05) is 30.6 Å². The van der Waals surface area contributed by atoms with Gasteiger partial charge in [-0.25, -0.2) is 0 Å². The lowest BCUT2D eigenvalue weighted by molar-refractivity contribution is -0.125. The molecular formula is C22H23ClN4OS. The fourth-order valence-corrected chi connectivity index (χ4v) is 4.36. The molecule has 7 heteroatoms. The minimum absolute atomic E-state index is 0.0646. The monoisotopic (exact) mass is 426 g/mol. The van der Waals surface area contributed by atoms with Crippen molar-refractivity contribution in [2.24, 2.45) is 5.92 Å². The first-order valence-electron chi connectivity index (χ1n) is 9.84. The summed E-state index contributed by atoms with van der Waals surface area (Å²) in [7, 11) is 0. The van der Waals surface area contributed by atoms with Gasteiger partial charge in [-0.3, -0.25) is 4.79 Å². The molecule has 0 bridgehead atoms. The second-order valence-corrected chi connectivity index (χ2v) is 8.57. The standard InChI is InChI=1S/C22H23ClN4OS/c23-18-5-3-16(4-6-18)9-12-24-22(28)17-10-13-27(14-11-17)21-8-7-19(25-26-21)20-2-1-15-29-20/h1-8,15,17H,9-14H2,(H,24,28). The third-order valence-electron chi connectivity index (χ3n) is 5.24. The number of halogens is 1. The van der Waals surface area contributed by atoms with Crippen LogP contribution in [0.5, 0.6) is 0 Å². The Labute approximate surface area is 179 Å². The molecule has 3 heterocycles. The number of anilines is 1. The zero-order valence-corrected chi connectivity index (χ0v) is 17.6. The number of piperidine rings is 1. The van der Waals surface area contributed by atoms with E-state index < -0.39 is 0 Å². The quantitative estimate of drug-likeness (QED) is 0.633. The molecule has 0 atom stereocenters. The van der Waals surface area contributed by atoms with Gasteiger partial charge in [0.1, 0.15) is 5.69 Å². The average molecular weight is 427 g/mol. The molecule has 0 unspecified atom stereocenters. The van der Waals surface area contributed by atoms with E-state index in [9.17, 15) is 4.79 Å². The van der Waals surface area contributed by atoms with Crippen molar-refractivity contribution in [3.05, 3.63) is 64.5 Å². The number of hydrogen-bond acceptors (Lipinski definition) is 5. The number of amides is 1. The SMILES string of the molecule is O=C(NCCc1ccc(Cl)cc1)C1CCN(c2ccc(-c3cccs3)nn2)CC1. The Morgan fingerprint density at radius 2 is 1.90 bits per heavy atom. The van der Waals surface area contributed by atoms with Crippen LogP contribution in [0.1, 0.15) is 18.4 Å². The van der Waals surface area contributed by atoms with E-state index in [1.165, 1.54) is 5.56 Å². The summed E-state index contributed by atoms with van der Waals surface area (Å²) in [6.45, 7) is 2.29. The summed E-state index contributed by atoms with van der Waals surface area (Å²) in [5.74, 6) is 1.10. The molecule has 1 aromatic carbocycles. The van der Waals surface area contributed by atoms with E-state index in [1.807, 2.05) is 53.9 Å². The largest absolute Gasteiger partial charge is 0.356 e. The van der Waals surface area contributed by atoms with Gasteiger partial charge in [-0.1, -0.05) is 29.8 Å². The van der Waals surface area contributed by atoms with Crippen LogP contribution in [0.4, 0.5) is 5.82 Å². The van der Waals surface area contributed by atoms with E-state index in [-0.39, 0.29) is 11.8 Å². The van der Waals surface area contributed by atoms with Gasteiger partial charge < -0.3 is 10.2 Å². The number of carbonyl (C=O) groups is 1. The van der Waals surface area contributed by atoms with E-state index in [2.05, 4.69) is 20.4 Å². The molecule has 2 aromatic heterocycles. The Hall–Kier alpha value is -2.44. The molecule has 0 aliphatic carbocycles. The van der Waals surface area contributed by atoms with Crippen molar-refractivity contribution in [2.45, 2.75) is 19.3 Å². The van der Waals surface area contributed by atoms with E-state index >= 15 is 0 Å². The van der Waals surface area contributed by atoms with Crippen LogP contribution in [-0.2, 0) is 11.2 Å². The van der Waals surface area contributed by atoms with Crippen molar-refractivity contribution >= 4 is 34.7 Å². The van der Waals surface area contributed by atoms with Crippen LogP contribution in [-0.4, -0.2) is 35.7 Å². The van der Waals surface area contributed by atoms with Gasteiger partial charge in [-0.2, -0.15) is 0 Å². The molecule has 150 valence electrons. The highest BCUT2D eigenvalue weighted by Gasteiger charge is 2.25. The topological polar surface area (TPSA) is 58.1 Å². The molecule has 1 N–H and O–H groups in total. The molecule has 1 amide bonds. The number of benzene rings is 1. The molecule has 29 heavy (non-hydrogen) atoms. The van der Waals surface area contributed by atoms with Crippen molar-refractivity contribution in [3.63, 3.8) is 0 Å². The van der Waals surface area contributed by atoms with Crippen LogP contribution in [0.25, 0.3) is 10.6 Å². The number of carbonyl (C=O) groups excluding carboxylic acids is 1. The molecule has 5 nitrogen and oxygen atoms in total. The number of nitrogens with zero attached hydrogens (tertiary/aromatic N) is 3. The van der Waals surface area contributed by atoms with E-state index in [1.54, 1.807) is 11.3 Å². The van der Waals surface area contributed by atoms with Gasteiger partial charge >= 0.3 is 0 Å². The van der Waals surface area contributed by atoms with Crippen molar-refractivity contribution in [1.29, 1.82) is 0 Å². The Balaban J connectivity index is 1.23. The van der Waals surface area contributed by atoms with Crippen molar-refractivity contribution in [2.75, 3.05) is 24.5 Å². The molecule has 0 saturated carbocycles. The average Bonchev–Trinajstić information content (AvgIpc) is 3.30. The van der Waals surface area contributed by atoms with Crippen LogP contribution in [0.2, 0.25) is 5.02 Å². The fraction of sp³-hybridized carbons (Fsp3) is 0.318. The summed E-state index contributed by atoms with van der Waals surface area (Å²) in [6, 6.07) is 15.9. The number of aromatic nitrogens is 2. The maximum absolute atomic E-state index is 12.5. The number of thiophene rings is 1. The Morgan fingerprint density at radius 3 is 2.55 bits per heavy atom. The Kier molecular flexibility index (Phi) is 6.42. The van der Waals surface area contributed by atoms with Crippen LogP contribution in [0.3, 0.4) is 0 Å². The predicted octanol–water partition coefficient (Wildman–Crippen LogP) is 4.43. The summed E-state index contributed by atoms with van der Waals surface area (Å²) in [6.07, 6.45) is 2.48. The van der Waals surface area contributed by atoms with E-state index in [0.717, 1.165) is 53.8 Å². The Morgan fingerprint density at radius 1 is 1.10 bits per heavy atom. The van der Waals surface area contributed by atoms with Crippen LogP contribution in [0, 0.1) is 5.92 Å².